The van der Waals surface area contributed by atoms with E-state index in [1.807, 2.05) is 66.7 Å². The summed E-state index contributed by atoms with van der Waals surface area (Å²) in [5, 5.41) is 16.7. The van der Waals surface area contributed by atoms with Gasteiger partial charge in [-0.2, -0.15) is 4.98 Å². The van der Waals surface area contributed by atoms with Gasteiger partial charge in [0.15, 0.2) is 0 Å². The Bertz CT molecular complexity index is 1130. The fourth-order valence-electron chi connectivity index (χ4n) is 2.86. The Labute approximate surface area is 160 Å². The Morgan fingerprint density at radius 1 is 0.929 bits per heavy atom. The lowest BCUT2D eigenvalue weighted by Gasteiger charge is -2.10. The molecule has 28 heavy (non-hydrogen) atoms. The molecule has 0 saturated carbocycles. The molecule has 0 fully saturated rings. The minimum atomic E-state index is -0.538. The van der Waals surface area contributed by atoms with Crippen molar-refractivity contribution in [3.63, 3.8) is 0 Å². The SMILES string of the molecule is O=[N+]([O-])c1c(NCc2ccccc2)ncnc1Oc1ccc2ccccc2c1. The Morgan fingerprint density at radius 3 is 2.46 bits per heavy atom. The first kappa shape index (κ1) is 17.4. The Kier molecular flexibility index (Phi) is 4.79. The van der Waals surface area contributed by atoms with Gasteiger partial charge in [0.05, 0.1) is 4.92 Å². The van der Waals surface area contributed by atoms with E-state index >= 15 is 0 Å². The topological polar surface area (TPSA) is 90.2 Å². The van der Waals surface area contributed by atoms with Gasteiger partial charge in [-0.05, 0) is 28.5 Å². The first-order valence-electron chi connectivity index (χ1n) is 8.64. The normalized spacial score (nSPS) is 10.6. The fourth-order valence-corrected chi connectivity index (χ4v) is 2.86. The van der Waals surface area contributed by atoms with Crippen LogP contribution in [0.3, 0.4) is 0 Å². The predicted octanol–water partition coefficient (Wildman–Crippen LogP) is 4.94. The molecule has 7 heteroatoms. The number of aromatic nitrogens is 2. The molecule has 3 aromatic carbocycles. The number of hydrogen-bond acceptors (Lipinski definition) is 6. The van der Waals surface area contributed by atoms with Crippen molar-refractivity contribution >= 4 is 22.3 Å². The molecule has 0 amide bonds. The van der Waals surface area contributed by atoms with Crippen molar-refractivity contribution in [3.8, 4) is 11.6 Å². The third-order valence-electron chi connectivity index (χ3n) is 4.21. The highest BCUT2D eigenvalue weighted by Gasteiger charge is 2.25. The number of nitrogens with zero attached hydrogens (tertiary/aromatic N) is 3. The summed E-state index contributed by atoms with van der Waals surface area (Å²) >= 11 is 0. The number of fused-ring (bicyclic) bond motifs is 1. The van der Waals surface area contributed by atoms with E-state index in [2.05, 4.69) is 15.3 Å². The van der Waals surface area contributed by atoms with Crippen LogP contribution in [0.25, 0.3) is 10.8 Å². The molecule has 0 unspecified atom stereocenters. The van der Waals surface area contributed by atoms with Crippen LogP contribution in [0, 0.1) is 10.1 Å². The number of nitrogens with one attached hydrogen (secondary N) is 1. The Hall–Kier alpha value is -4.00. The lowest BCUT2D eigenvalue weighted by molar-refractivity contribution is -0.385. The molecule has 138 valence electrons. The molecule has 7 nitrogen and oxygen atoms in total. The molecule has 4 aromatic rings. The van der Waals surface area contributed by atoms with E-state index in [1.165, 1.54) is 6.33 Å². The third-order valence-corrected chi connectivity index (χ3v) is 4.21. The summed E-state index contributed by atoms with van der Waals surface area (Å²) < 4.78 is 5.74. The van der Waals surface area contributed by atoms with Crippen molar-refractivity contribution in [2.45, 2.75) is 6.54 Å². The fraction of sp³-hybridized carbons (Fsp3) is 0.0476. The van der Waals surface area contributed by atoms with E-state index in [4.69, 9.17) is 4.74 Å². The van der Waals surface area contributed by atoms with Gasteiger partial charge in [-0.1, -0.05) is 60.7 Å². The van der Waals surface area contributed by atoms with Gasteiger partial charge in [0.2, 0.25) is 5.82 Å². The number of ether oxygens (including phenoxy) is 1. The van der Waals surface area contributed by atoms with Crippen molar-refractivity contribution in [1.29, 1.82) is 0 Å². The summed E-state index contributed by atoms with van der Waals surface area (Å²) in [6.07, 6.45) is 1.25. The van der Waals surface area contributed by atoms with Crippen LogP contribution in [-0.4, -0.2) is 14.9 Å². The molecule has 0 spiro atoms. The molecule has 0 aliphatic rings. The van der Waals surface area contributed by atoms with Gasteiger partial charge in [0, 0.05) is 6.54 Å². The van der Waals surface area contributed by atoms with E-state index in [-0.39, 0.29) is 17.4 Å². The zero-order chi connectivity index (χ0) is 19.3. The average molecular weight is 372 g/mol. The van der Waals surface area contributed by atoms with Crippen LogP contribution in [0.5, 0.6) is 11.6 Å². The first-order valence-corrected chi connectivity index (χ1v) is 8.64. The molecule has 0 radical (unpaired) electrons. The second kappa shape index (κ2) is 7.71. The van der Waals surface area contributed by atoms with Crippen molar-refractivity contribution in [1.82, 2.24) is 9.97 Å². The molecule has 1 N–H and O–H groups in total. The van der Waals surface area contributed by atoms with Crippen LogP contribution >= 0.6 is 0 Å². The molecular formula is C21H16N4O3. The lowest BCUT2D eigenvalue weighted by atomic mass is 10.1. The number of anilines is 1. The number of hydrogen-bond donors (Lipinski definition) is 1. The van der Waals surface area contributed by atoms with Crippen molar-refractivity contribution in [3.05, 3.63) is 94.8 Å². The maximum absolute atomic E-state index is 11.7. The lowest BCUT2D eigenvalue weighted by Crippen LogP contribution is -2.07. The second-order valence-electron chi connectivity index (χ2n) is 6.08. The van der Waals surface area contributed by atoms with Crippen molar-refractivity contribution in [2.24, 2.45) is 0 Å². The summed E-state index contributed by atoms with van der Waals surface area (Å²) in [5.41, 5.74) is 0.680. The molecule has 0 saturated heterocycles. The number of nitro groups is 1. The van der Waals surface area contributed by atoms with Gasteiger partial charge in [-0.15, -0.1) is 0 Å². The predicted molar refractivity (Wildman–Crippen MR) is 106 cm³/mol. The van der Waals surface area contributed by atoms with Crippen molar-refractivity contribution < 1.29 is 9.66 Å². The highest BCUT2D eigenvalue weighted by Crippen LogP contribution is 2.35. The summed E-state index contributed by atoms with van der Waals surface area (Å²) in [6.45, 7) is 0.397. The van der Waals surface area contributed by atoms with Crippen LogP contribution < -0.4 is 10.1 Å². The van der Waals surface area contributed by atoms with E-state index in [0.717, 1.165) is 16.3 Å². The highest BCUT2D eigenvalue weighted by molar-refractivity contribution is 5.83. The van der Waals surface area contributed by atoms with E-state index in [9.17, 15) is 10.1 Å². The zero-order valence-electron chi connectivity index (χ0n) is 14.8. The van der Waals surface area contributed by atoms with Gasteiger partial charge in [0.1, 0.15) is 12.1 Å². The van der Waals surface area contributed by atoms with Gasteiger partial charge in [0.25, 0.3) is 0 Å². The maximum atomic E-state index is 11.7. The Balaban J connectivity index is 1.63. The van der Waals surface area contributed by atoms with E-state index < -0.39 is 4.92 Å². The molecule has 0 bridgehead atoms. The van der Waals surface area contributed by atoms with Crippen molar-refractivity contribution in [2.75, 3.05) is 5.32 Å². The summed E-state index contributed by atoms with van der Waals surface area (Å²) in [4.78, 5) is 19.1. The van der Waals surface area contributed by atoms with Gasteiger partial charge < -0.3 is 10.1 Å². The molecule has 1 aromatic heterocycles. The molecule has 4 rings (SSSR count). The molecule has 0 aliphatic carbocycles. The van der Waals surface area contributed by atoms with Crippen LogP contribution in [-0.2, 0) is 6.54 Å². The van der Waals surface area contributed by atoms with Gasteiger partial charge in [-0.25, -0.2) is 4.98 Å². The number of rotatable bonds is 6. The average Bonchev–Trinajstić information content (AvgIpc) is 2.73. The van der Waals surface area contributed by atoms with Gasteiger partial charge in [-0.3, -0.25) is 10.1 Å². The summed E-state index contributed by atoms with van der Waals surface area (Å²) in [7, 11) is 0. The highest BCUT2D eigenvalue weighted by atomic mass is 16.6. The quantitative estimate of drug-likeness (QED) is 0.381. The maximum Gasteiger partial charge on any atom is 0.373 e. The second-order valence-corrected chi connectivity index (χ2v) is 6.08. The largest absolute Gasteiger partial charge is 0.434 e. The standard InChI is InChI=1S/C21H16N4O3/c26-25(27)19-20(22-13-15-6-2-1-3-7-15)23-14-24-21(19)28-18-11-10-16-8-4-5-9-17(16)12-18/h1-12,14H,13H2,(H,22,23,24). The molecule has 0 aliphatic heterocycles. The monoisotopic (exact) mass is 372 g/mol. The van der Waals surface area contributed by atoms with Crippen LogP contribution in [0.1, 0.15) is 5.56 Å². The first-order chi connectivity index (χ1) is 13.7. The minimum absolute atomic E-state index is 0.106. The summed E-state index contributed by atoms with van der Waals surface area (Å²) in [5.74, 6) is 0.472. The van der Waals surface area contributed by atoms with E-state index in [0.29, 0.717) is 12.3 Å². The third kappa shape index (κ3) is 3.73. The Morgan fingerprint density at radius 2 is 1.68 bits per heavy atom. The molecule has 1 heterocycles. The van der Waals surface area contributed by atoms with E-state index in [1.54, 1.807) is 6.07 Å². The minimum Gasteiger partial charge on any atom is -0.434 e. The van der Waals surface area contributed by atoms with Gasteiger partial charge >= 0.3 is 11.6 Å². The molecule has 0 atom stereocenters. The van der Waals surface area contributed by atoms with Crippen LogP contribution in [0.4, 0.5) is 11.5 Å². The number of benzene rings is 3. The van der Waals surface area contributed by atoms with Crippen LogP contribution in [0.15, 0.2) is 79.1 Å². The zero-order valence-corrected chi connectivity index (χ0v) is 14.8. The van der Waals surface area contributed by atoms with Crippen LogP contribution in [0.2, 0.25) is 0 Å². The summed E-state index contributed by atoms with van der Waals surface area (Å²) in [6, 6.07) is 22.8. The smallest absolute Gasteiger partial charge is 0.373 e. The molecular weight excluding hydrogens is 356 g/mol.